The SMILES string of the molecule is O[C@H](C1CCCCC1)C1CCCCN1. The predicted octanol–water partition coefficient (Wildman–Crippen LogP) is 2.07. The Bertz CT molecular complexity index is 142. The normalized spacial score (nSPS) is 32.8. The van der Waals surface area contributed by atoms with Crippen molar-refractivity contribution in [3.63, 3.8) is 0 Å². The Morgan fingerprint density at radius 1 is 0.929 bits per heavy atom. The summed E-state index contributed by atoms with van der Waals surface area (Å²) in [6, 6.07) is 0.395. The highest BCUT2D eigenvalue weighted by Gasteiger charge is 2.29. The molecule has 0 aromatic rings. The van der Waals surface area contributed by atoms with Crippen molar-refractivity contribution < 1.29 is 5.11 Å². The van der Waals surface area contributed by atoms with Gasteiger partial charge in [0, 0.05) is 6.04 Å². The molecule has 1 aliphatic carbocycles. The third-order valence-corrected chi connectivity index (χ3v) is 3.89. The zero-order chi connectivity index (χ0) is 9.80. The Kier molecular flexibility index (Phi) is 3.82. The average molecular weight is 197 g/mol. The highest BCUT2D eigenvalue weighted by Crippen LogP contribution is 2.29. The van der Waals surface area contributed by atoms with E-state index in [-0.39, 0.29) is 6.10 Å². The molecule has 0 radical (unpaired) electrons. The fourth-order valence-corrected chi connectivity index (χ4v) is 2.97. The van der Waals surface area contributed by atoms with E-state index in [9.17, 15) is 5.11 Å². The lowest BCUT2D eigenvalue weighted by atomic mass is 9.81. The molecule has 1 saturated heterocycles. The van der Waals surface area contributed by atoms with Gasteiger partial charge in [-0.05, 0) is 38.1 Å². The number of piperidine rings is 1. The van der Waals surface area contributed by atoms with Crippen LogP contribution in [0.1, 0.15) is 51.4 Å². The lowest BCUT2D eigenvalue weighted by molar-refractivity contribution is 0.0414. The standard InChI is InChI=1S/C12H23NO/c14-12(10-6-2-1-3-7-10)11-8-4-5-9-13-11/h10-14H,1-9H2/t11?,12-/m1/s1. The van der Waals surface area contributed by atoms with Crippen molar-refractivity contribution in [3.8, 4) is 0 Å². The summed E-state index contributed by atoms with van der Waals surface area (Å²) < 4.78 is 0. The average Bonchev–Trinajstić information content (AvgIpc) is 2.30. The maximum Gasteiger partial charge on any atom is 0.0721 e. The Morgan fingerprint density at radius 3 is 2.29 bits per heavy atom. The third-order valence-electron chi connectivity index (χ3n) is 3.89. The van der Waals surface area contributed by atoms with Crippen molar-refractivity contribution in [2.45, 2.75) is 63.5 Å². The molecule has 2 atom stereocenters. The van der Waals surface area contributed by atoms with E-state index < -0.39 is 0 Å². The van der Waals surface area contributed by atoms with Crippen LogP contribution in [0.15, 0.2) is 0 Å². The monoisotopic (exact) mass is 197 g/mol. The molecule has 2 rings (SSSR count). The van der Waals surface area contributed by atoms with Gasteiger partial charge >= 0.3 is 0 Å². The smallest absolute Gasteiger partial charge is 0.0721 e. The first-order valence-electron chi connectivity index (χ1n) is 6.29. The van der Waals surface area contributed by atoms with Crippen molar-refractivity contribution in [2.75, 3.05) is 6.54 Å². The molecule has 2 N–H and O–H groups in total. The van der Waals surface area contributed by atoms with Crippen molar-refractivity contribution in [3.05, 3.63) is 0 Å². The van der Waals surface area contributed by atoms with E-state index in [2.05, 4.69) is 5.32 Å². The van der Waals surface area contributed by atoms with Gasteiger partial charge in [-0.15, -0.1) is 0 Å². The fraction of sp³-hybridized carbons (Fsp3) is 1.00. The van der Waals surface area contributed by atoms with Crippen molar-refractivity contribution in [1.29, 1.82) is 0 Å². The second-order valence-electron chi connectivity index (χ2n) is 4.95. The van der Waals surface area contributed by atoms with Crippen molar-refractivity contribution >= 4 is 0 Å². The Hall–Kier alpha value is -0.0800. The molecule has 1 unspecified atom stereocenters. The van der Waals surface area contributed by atoms with Crippen LogP contribution in [0.5, 0.6) is 0 Å². The predicted molar refractivity (Wildman–Crippen MR) is 58.2 cm³/mol. The van der Waals surface area contributed by atoms with Gasteiger partial charge in [0.25, 0.3) is 0 Å². The second-order valence-corrected chi connectivity index (χ2v) is 4.95. The van der Waals surface area contributed by atoms with E-state index in [4.69, 9.17) is 0 Å². The third kappa shape index (κ3) is 2.48. The molecule has 0 aromatic heterocycles. The van der Waals surface area contributed by atoms with Crippen LogP contribution < -0.4 is 5.32 Å². The van der Waals surface area contributed by atoms with Crippen LogP contribution in [-0.4, -0.2) is 23.8 Å². The van der Waals surface area contributed by atoms with E-state index in [0.29, 0.717) is 12.0 Å². The largest absolute Gasteiger partial charge is 0.391 e. The van der Waals surface area contributed by atoms with Gasteiger partial charge < -0.3 is 10.4 Å². The van der Waals surface area contributed by atoms with Crippen LogP contribution in [0.25, 0.3) is 0 Å². The van der Waals surface area contributed by atoms with Gasteiger partial charge in [0.15, 0.2) is 0 Å². The van der Waals surface area contributed by atoms with E-state index in [1.54, 1.807) is 0 Å². The van der Waals surface area contributed by atoms with Gasteiger partial charge in [-0.3, -0.25) is 0 Å². The number of rotatable bonds is 2. The maximum absolute atomic E-state index is 10.2. The summed E-state index contributed by atoms with van der Waals surface area (Å²) in [5.74, 6) is 0.583. The minimum Gasteiger partial charge on any atom is -0.391 e. The fourth-order valence-electron chi connectivity index (χ4n) is 2.97. The van der Waals surface area contributed by atoms with Crippen molar-refractivity contribution in [1.82, 2.24) is 5.32 Å². The zero-order valence-electron chi connectivity index (χ0n) is 9.04. The minimum absolute atomic E-state index is 0.0735. The molecule has 2 aliphatic rings. The van der Waals surface area contributed by atoms with Gasteiger partial charge in [-0.1, -0.05) is 25.7 Å². The van der Waals surface area contributed by atoms with Gasteiger partial charge in [-0.2, -0.15) is 0 Å². The van der Waals surface area contributed by atoms with Crippen LogP contribution in [0, 0.1) is 5.92 Å². The van der Waals surface area contributed by atoms with Gasteiger partial charge in [0.05, 0.1) is 6.10 Å². The lowest BCUT2D eigenvalue weighted by Gasteiger charge is -2.34. The molecule has 2 heteroatoms. The number of aliphatic hydroxyl groups excluding tert-OH is 1. The molecule has 1 saturated carbocycles. The van der Waals surface area contributed by atoms with Crippen molar-refractivity contribution in [2.24, 2.45) is 5.92 Å². The van der Waals surface area contributed by atoms with Crippen LogP contribution >= 0.6 is 0 Å². The molecule has 14 heavy (non-hydrogen) atoms. The molecule has 0 amide bonds. The van der Waals surface area contributed by atoms with E-state index in [0.717, 1.165) is 6.54 Å². The molecule has 1 aliphatic heterocycles. The molecular formula is C12H23NO. The summed E-state index contributed by atoms with van der Waals surface area (Å²) in [4.78, 5) is 0. The Labute approximate surface area is 87.1 Å². The molecule has 2 fully saturated rings. The number of hydrogen-bond acceptors (Lipinski definition) is 2. The molecular weight excluding hydrogens is 174 g/mol. The Balaban J connectivity index is 1.82. The number of aliphatic hydroxyl groups is 1. The van der Waals surface area contributed by atoms with Gasteiger partial charge in [0.2, 0.25) is 0 Å². The summed E-state index contributed by atoms with van der Waals surface area (Å²) in [5, 5.41) is 13.7. The number of nitrogens with one attached hydrogen (secondary N) is 1. The van der Waals surface area contributed by atoms with Crippen LogP contribution in [0.3, 0.4) is 0 Å². The number of hydrogen-bond donors (Lipinski definition) is 2. The maximum atomic E-state index is 10.2. The summed E-state index contributed by atoms with van der Waals surface area (Å²) in [5.41, 5.74) is 0. The van der Waals surface area contributed by atoms with E-state index in [1.807, 2.05) is 0 Å². The molecule has 0 aromatic carbocycles. The summed E-state index contributed by atoms with van der Waals surface area (Å²) in [7, 11) is 0. The first kappa shape index (κ1) is 10.4. The first-order valence-corrected chi connectivity index (χ1v) is 6.29. The first-order chi connectivity index (χ1) is 6.88. The second kappa shape index (κ2) is 5.13. The quantitative estimate of drug-likeness (QED) is 0.710. The molecule has 0 spiro atoms. The van der Waals surface area contributed by atoms with Crippen LogP contribution in [-0.2, 0) is 0 Å². The topological polar surface area (TPSA) is 32.3 Å². The zero-order valence-corrected chi connectivity index (χ0v) is 9.04. The Morgan fingerprint density at radius 2 is 1.64 bits per heavy atom. The van der Waals surface area contributed by atoms with Gasteiger partial charge in [0.1, 0.15) is 0 Å². The van der Waals surface area contributed by atoms with Crippen LogP contribution in [0.2, 0.25) is 0 Å². The highest BCUT2D eigenvalue weighted by molar-refractivity contribution is 4.85. The molecule has 82 valence electrons. The minimum atomic E-state index is -0.0735. The van der Waals surface area contributed by atoms with E-state index >= 15 is 0 Å². The molecule has 0 bridgehead atoms. The highest BCUT2D eigenvalue weighted by atomic mass is 16.3. The lowest BCUT2D eigenvalue weighted by Crippen LogP contribution is -2.46. The van der Waals surface area contributed by atoms with Crippen LogP contribution in [0.4, 0.5) is 0 Å². The summed E-state index contributed by atoms with van der Waals surface area (Å²) in [6.07, 6.45) is 10.2. The van der Waals surface area contributed by atoms with Gasteiger partial charge in [-0.25, -0.2) is 0 Å². The summed E-state index contributed by atoms with van der Waals surface area (Å²) >= 11 is 0. The molecule has 1 heterocycles. The summed E-state index contributed by atoms with van der Waals surface area (Å²) in [6.45, 7) is 1.11. The van der Waals surface area contributed by atoms with E-state index in [1.165, 1.54) is 51.4 Å². The molecule has 2 nitrogen and oxygen atoms in total.